The Hall–Kier alpha value is -2.82. The molecule has 4 rings (SSSR count). The number of rotatable bonds is 3. The van der Waals surface area contributed by atoms with Gasteiger partial charge in [0, 0.05) is 23.6 Å². The molecule has 0 radical (unpaired) electrons. The lowest BCUT2D eigenvalue weighted by Crippen LogP contribution is -2.32. The summed E-state index contributed by atoms with van der Waals surface area (Å²) in [5.41, 5.74) is 1.91. The van der Waals surface area contributed by atoms with Crippen LogP contribution in [-0.4, -0.2) is 33.3 Å². The third-order valence-electron chi connectivity index (χ3n) is 4.59. The maximum atomic E-state index is 12.4. The molecule has 1 aromatic carbocycles. The van der Waals surface area contributed by atoms with Crippen LogP contribution in [0.15, 0.2) is 48.7 Å². The van der Waals surface area contributed by atoms with Crippen LogP contribution in [0, 0.1) is 11.8 Å². The average molecular weight is 308 g/mol. The van der Waals surface area contributed by atoms with E-state index in [1.807, 2.05) is 24.4 Å². The van der Waals surface area contributed by atoms with E-state index in [-0.39, 0.29) is 29.4 Å². The van der Waals surface area contributed by atoms with Crippen LogP contribution >= 0.6 is 0 Å². The monoisotopic (exact) mass is 308 g/mol. The summed E-state index contributed by atoms with van der Waals surface area (Å²) in [6.07, 6.45) is 9.66. The SMILES string of the molecule is O=C1C2C=CC=CC2C(=O)N1CCc1c[nH]c2ccc(O)cc12. The van der Waals surface area contributed by atoms with Gasteiger partial charge in [-0.3, -0.25) is 14.5 Å². The Morgan fingerprint density at radius 2 is 1.78 bits per heavy atom. The van der Waals surface area contributed by atoms with Crippen LogP contribution in [-0.2, 0) is 16.0 Å². The highest BCUT2D eigenvalue weighted by Gasteiger charge is 2.45. The van der Waals surface area contributed by atoms with Crippen molar-refractivity contribution in [3.05, 3.63) is 54.3 Å². The third-order valence-corrected chi connectivity index (χ3v) is 4.59. The van der Waals surface area contributed by atoms with Gasteiger partial charge in [-0.1, -0.05) is 24.3 Å². The summed E-state index contributed by atoms with van der Waals surface area (Å²) in [7, 11) is 0. The van der Waals surface area contributed by atoms with E-state index in [4.69, 9.17) is 0 Å². The van der Waals surface area contributed by atoms with E-state index >= 15 is 0 Å². The van der Waals surface area contributed by atoms with E-state index in [0.29, 0.717) is 13.0 Å². The summed E-state index contributed by atoms with van der Waals surface area (Å²) < 4.78 is 0. The van der Waals surface area contributed by atoms with Crippen molar-refractivity contribution in [3.63, 3.8) is 0 Å². The lowest BCUT2D eigenvalue weighted by atomic mass is 9.91. The fraction of sp³-hybridized carbons (Fsp3) is 0.222. The number of aromatic hydroxyl groups is 1. The van der Waals surface area contributed by atoms with Gasteiger partial charge in [-0.25, -0.2) is 0 Å². The zero-order valence-electron chi connectivity index (χ0n) is 12.4. The van der Waals surface area contributed by atoms with Gasteiger partial charge in [0.15, 0.2) is 0 Å². The van der Waals surface area contributed by atoms with E-state index in [1.165, 1.54) is 4.90 Å². The molecule has 0 bridgehead atoms. The molecule has 0 spiro atoms. The van der Waals surface area contributed by atoms with Crippen molar-refractivity contribution in [1.29, 1.82) is 0 Å². The molecular weight excluding hydrogens is 292 g/mol. The van der Waals surface area contributed by atoms with Crippen LogP contribution in [0.5, 0.6) is 5.75 Å². The minimum absolute atomic E-state index is 0.122. The molecule has 1 aliphatic carbocycles. The lowest BCUT2D eigenvalue weighted by molar-refractivity contribution is -0.139. The fourth-order valence-corrected chi connectivity index (χ4v) is 3.37. The molecule has 1 aliphatic heterocycles. The molecule has 5 heteroatoms. The van der Waals surface area contributed by atoms with Crippen molar-refractivity contribution >= 4 is 22.7 Å². The molecule has 1 fully saturated rings. The molecule has 2 unspecified atom stereocenters. The minimum atomic E-state index is -0.348. The minimum Gasteiger partial charge on any atom is -0.508 e. The van der Waals surface area contributed by atoms with Gasteiger partial charge in [-0.15, -0.1) is 0 Å². The number of allylic oxidation sites excluding steroid dienone is 2. The molecule has 2 N–H and O–H groups in total. The second kappa shape index (κ2) is 5.12. The van der Waals surface area contributed by atoms with Crippen molar-refractivity contribution in [3.8, 4) is 5.75 Å². The molecular formula is C18H16N2O3. The first-order chi connectivity index (χ1) is 11.1. The van der Waals surface area contributed by atoms with Crippen molar-refractivity contribution in [2.45, 2.75) is 6.42 Å². The molecule has 1 aromatic heterocycles. The Labute approximate surface area is 132 Å². The fourth-order valence-electron chi connectivity index (χ4n) is 3.37. The van der Waals surface area contributed by atoms with Crippen molar-refractivity contribution in [2.75, 3.05) is 6.54 Å². The molecule has 2 aromatic rings. The molecule has 23 heavy (non-hydrogen) atoms. The number of carbonyl (C=O) groups excluding carboxylic acids is 2. The molecule has 1 saturated heterocycles. The first-order valence-corrected chi connectivity index (χ1v) is 7.64. The van der Waals surface area contributed by atoms with E-state index in [9.17, 15) is 14.7 Å². The van der Waals surface area contributed by atoms with Gasteiger partial charge in [-0.2, -0.15) is 0 Å². The summed E-state index contributed by atoms with van der Waals surface area (Å²) in [5, 5.41) is 10.5. The first kappa shape index (κ1) is 13.8. The van der Waals surface area contributed by atoms with Gasteiger partial charge in [0.25, 0.3) is 0 Å². The average Bonchev–Trinajstić information content (AvgIpc) is 3.06. The van der Waals surface area contributed by atoms with Crippen LogP contribution in [0.25, 0.3) is 10.9 Å². The highest BCUT2D eigenvalue weighted by Crippen LogP contribution is 2.31. The van der Waals surface area contributed by atoms with E-state index in [2.05, 4.69) is 4.98 Å². The molecule has 2 atom stereocenters. The summed E-state index contributed by atoms with van der Waals surface area (Å²) in [6, 6.07) is 5.13. The maximum absolute atomic E-state index is 12.4. The third kappa shape index (κ3) is 2.16. The number of likely N-dealkylation sites (tertiary alicyclic amines) is 1. The van der Waals surface area contributed by atoms with Crippen LogP contribution in [0.4, 0.5) is 0 Å². The lowest BCUT2D eigenvalue weighted by Gasteiger charge is -2.13. The van der Waals surface area contributed by atoms with Crippen LogP contribution in [0.2, 0.25) is 0 Å². The normalized spacial score (nSPS) is 23.0. The van der Waals surface area contributed by atoms with Crippen LogP contribution in [0.3, 0.4) is 0 Å². The molecule has 0 saturated carbocycles. The number of aromatic amines is 1. The van der Waals surface area contributed by atoms with Gasteiger partial charge >= 0.3 is 0 Å². The smallest absolute Gasteiger partial charge is 0.237 e. The molecule has 5 nitrogen and oxygen atoms in total. The molecule has 116 valence electrons. The number of phenols is 1. The number of carbonyl (C=O) groups is 2. The number of amides is 2. The number of hydrogen-bond donors (Lipinski definition) is 2. The quantitative estimate of drug-likeness (QED) is 0.853. The van der Waals surface area contributed by atoms with Gasteiger partial charge < -0.3 is 10.1 Å². The number of benzene rings is 1. The van der Waals surface area contributed by atoms with Crippen LogP contribution < -0.4 is 0 Å². The summed E-state index contributed by atoms with van der Waals surface area (Å²) >= 11 is 0. The van der Waals surface area contributed by atoms with Gasteiger partial charge in [0.1, 0.15) is 5.75 Å². The predicted molar refractivity (Wildman–Crippen MR) is 85.6 cm³/mol. The van der Waals surface area contributed by atoms with Crippen molar-refractivity contribution in [1.82, 2.24) is 9.88 Å². The van der Waals surface area contributed by atoms with E-state index in [1.54, 1.807) is 24.3 Å². The molecule has 2 heterocycles. The standard InChI is InChI=1S/C18H16N2O3/c21-12-5-6-16-15(9-12)11(10-19-16)7-8-20-17(22)13-3-1-2-4-14(13)18(20)23/h1-6,9-10,13-14,19,21H,7-8H2. The van der Waals surface area contributed by atoms with Crippen molar-refractivity contribution < 1.29 is 14.7 Å². The van der Waals surface area contributed by atoms with Crippen LogP contribution in [0.1, 0.15) is 5.56 Å². The Morgan fingerprint density at radius 1 is 1.09 bits per heavy atom. The summed E-state index contributed by atoms with van der Waals surface area (Å²) in [5.74, 6) is -0.737. The number of H-pyrrole nitrogens is 1. The number of nitrogens with one attached hydrogen (secondary N) is 1. The first-order valence-electron chi connectivity index (χ1n) is 7.64. The van der Waals surface area contributed by atoms with E-state index < -0.39 is 0 Å². The maximum Gasteiger partial charge on any atom is 0.237 e. The Morgan fingerprint density at radius 3 is 2.48 bits per heavy atom. The van der Waals surface area contributed by atoms with E-state index in [0.717, 1.165) is 16.5 Å². The number of fused-ring (bicyclic) bond motifs is 2. The Bertz CT molecular complexity index is 832. The largest absolute Gasteiger partial charge is 0.508 e. The Balaban J connectivity index is 1.55. The number of aromatic nitrogens is 1. The topological polar surface area (TPSA) is 73.4 Å². The zero-order valence-corrected chi connectivity index (χ0v) is 12.4. The molecule has 2 aliphatic rings. The summed E-state index contributed by atoms with van der Waals surface area (Å²) in [4.78, 5) is 29.3. The van der Waals surface area contributed by atoms with Gasteiger partial charge in [0.2, 0.25) is 11.8 Å². The second-order valence-electron chi connectivity index (χ2n) is 5.94. The molecule has 2 amide bonds. The number of nitrogens with zero attached hydrogens (tertiary/aromatic N) is 1. The van der Waals surface area contributed by atoms with Gasteiger partial charge in [-0.05, 0) is 30.2 Å². The number of phenolic OH excluding ortho intramolecular Hbond substituents is 1. The number of imide groups is 1. The number of hydrogen-bond acceptors (Lipinski definition) is 3. The van der Waals surface area contributed by atoms with Gasteiger partial charge in [0.05, 0.1) is 11.8 Å². The predicted octanol–water partition coefficient (Wildman–Crippen LogP) is 2.14. The zero-order chi connectivity index (χ0) is 16.0. The Kier molecular flexibility index (Phi) is 3.08. The highest BCUT2D eigenvalue weighted by molar-refractivity contribution is 6.07. The highest BCUT2D eigenvalue weighted by atomic mass is 16.3. The summed E-state index contributed by atoms with van der Waals surface area (Å²) in [6.45, 7) is 0.356. The second-order valence-corrected chi connectivity index (χ2v) is 5.94. The van der Waals surface area contributed by atoms with Crippen molar-refractivity contribution in [2.24, 2.45) is 11.8 Å².